The molecule has 10 nitrogen and oxygen atoms in total. The monoisotopic (exact) mass is 441 g/mol. The van der Waals surface area contributed by atoms with Gasteiger partial charge in [-0.3, -0.25) is 9.59 Å². The Labute approximate surface area is 182 Å². The van der Waals surface area contributed by atoms with Gasteiger partial charge < -0.3 is 25.3 Å². The summed E-state index contributed by atoms with van der Waals surface area (Å²) in [6.45, 7) is 0. The first-order chi connectivity index (χ1) is 15.5. The van der Waals surface area contributed by atoms with Crippen LogP contribution in [0.25, 0.3) is 5.65 Å². The molecule has 5 rings (SSSR count). The summed E-state index contributed by atoms with van der Waals surface area (Å²) in [5, 5.41) is 13.3. The fraction of sp³-hybridized carbons (Fsp3) is 0.429. The highest BCUT2D eigenvalue weighted by Gasteiger charge is 2.40. The predicted molar refractivity (Wildman–Crippen MR) is 116 cm³/mol. The van der Waals surface area contributed by atoms with E-state index in [1.54, 1.807) is 38.6 Å². The summed E-state index contributed by atoms with van der Waals surface area (Å²) in [4.78, 5) is 30.2. The Bertz CT molecular complexity index is 1240. The molecule has 0 aliphatic heterocycles. The first-order valence-corrected chi connectivity index (χ1v) is 10.5. The zero-order valence-corrected chi connectivity index (χ0v) is 17.7. The minimum Gasteiger partial charge on any atom is -0.379 e. The number of methoxy groups -OCH3 is 1. The van der Waals surface area contributed by atoms with Crippen LogP contribution in [0, 0.1) is 0 Å². The molecule has 0 bridgehead atoms. The maximum Gasteiger partial charge on any atom is 0.274 e. The van der Waals surface area contributed by atoms with Crippen molar-refractivity contribution in [2.75, 3.05) is 24.8 Å². The largest absolute Gasteiger partial charge is 0.379 e. The number of hydrogen-bond acceptors (Lipinski definition) is 7. The van der Waals surface area contributed by atoms with Crippen LogP contribution in [0.2, 0.25) is 0 Å². The molecule has 1 amide bonds. The van der Waals surface area contributed by atoms with Gasteiger partial charge in [-0.05, 0) is 25.0 Å². The zero-order valence-electron chi connectivity index (χ0n) is 17.7. The molecule has 2 saturated carbocycles. The number of hydrogen-bond donors (Lipinski definition) is 3. The highest BCUT2D eigenvalue weighted by Crippen LogP contribution is 2.37. The van der Waals surface area contributed by atoms with Crippen LogP contribution >= 0.6 is 0 Å². The van der Waals surface area contributed by atoms with Crippen molar-refractivity contribution in [3.05, 3.63) is 46.5 Å². The summed E-state index contributed by atoms with van der Waals surface area (Å²) in [7, 11) is 3.35. The lowest BCUT2D eigenvalue weighted by Gasteiger charge is -2.35. The molecule has 2 aliphatic carbocycles. The van der Waals surface area contributed by atoms with Gasteiger partial charge in [0.15, 0.2) is 5.65 Å². The minimum absolute atomic E-state index is 0.00878. The van der Waals surface area contributed by atoms with E-state index in [1.807, 2.05) is 0 Å². The topological polar surface area (TPSA) is 115 Å². The van der Waals surface area contributed by atoms with Crippen molar-refractivity contribution in [2.45, 2.75) is 43.6 Å². The molecular formula is C21H24FN7O3. The van der Waals surface area contributed by atoms with Gasteiger partial charge in [-0.25, -0.2) is 9.37 Å². The zero-order chi connectivity index (χ0) is 22.4. The normalized spacial score (nSPS) is 24.1. The van der Waals surface area contributed by atoms with Crippen molar-refractivity contribution in [3.63, 3.8) is 0 Å². The van der Waals surface area contributed by atoms with Gasteiger partial charge >= 0.3 is 0 Å². The number of ether oxygens (including phenoxy) is 1. The Balaban J connectivity index is 1.46. The van der Waals surface area contributed by atoms with E-state index in [2.05, 4.69) is 26.0 Å². The van der Waals surface area contributed by atoms with Crippen LogP contribution in [0.3, 0.4) is 0 Å². The molecule has 3 aromatic heterocycles. The van der Waals surface area contributed by atoms with Crippen LogP contribution in [0.15, 0.2) is 35.4 Å². The fourth-order valence-corrected chi connectivity index (χ4v) is 3.97. The SMILES string of the molecule is CNc1cc(Nc2cccn(C3C[C@H]3F)c2=O)nc2c(C(=O)NC3CC[C@H]3OC)cnn12. The number of carbonyl (C=O) groups is 1. The fourth-order valence-electron chi connectivity index (χ4n) is 3.97. The molecule has 3 N–H and O–H groups in total. The third-order valence-corrected chi connectivity index (χ3v) is 6.08. The summed E-state index contributed by atoms with van der Waals surface area (Å²) in [6, 6.07) is 4.53. The van der Waals surface area contributed by atoms with Crippen LogP contribution in [-0.4, -0.2) is 57.5 Å². The smallest absolute Gasteiger partial charge is 0.274 e. The maximum absolute atomic E-state index is 13.5. The second-order valence-electron chi connectivity index (χ2n) is 8.08. The molecule has 11 heteroatoms. The van der Waals surface area contributed by atoms with Gasteiger partial charge in [0.1, 0.15) is 29.1 Å². The number of fused-ring (bicyclic) bond motifs is 1. The van der Waals surface area contributed by atoms with Crippen molar-refractivity contribution >= 4 is 28.9 Å². The molecule has 2 fully saturated rings. The minimum atomic E-state index is -0.991. The molecule has 0 saturated heterocycles. The van der Waals surface area contributed by atoms with Gasteiger partial charge in [-0.1, -0.05) is 0 Å². The second-order valence-corrected chi connectivity index (χ2v) is 8.08. The second kappa shape index (κ2) is 7.90. The molecule has 0 radical (unpaired) electrons. The number of pyridine rings is 1. The molecule has 32 heavy (non-hydrogen) atoms. The number of nitrogens with one attached hydrogen (secondary N) is 3. The number of nitrogens with zero attached hydrogens (tertiary/aromatic N) is 4. The third kappa shape index (κ3) is 3.48. The van der Waals surface area contributed by atoms with Crippen LogP contribution in [0.4, 0.5) is 21.7 Å². The van der Waals surface area contributed by atoms with Gasteiger partial charge in [0.2, 0.25) is 0 Å². The lowest BCUT2D eigenvalue weighted by Crippen LogP contribution is -2.51. The molecule has 2 unspecified atom stereocenters. The Kier molecular flexibility index (Phi) is 5.04. The van der Waals surface area contributed by atoms with Gasteiger partial charge in [0.05, 0.1) is 24.4 Å². The molecule has 3 aromatic rings. The average molecular weight is 441 g/mol. The standard InChI is InChI=1S/C21H24FN7O3/c1-23-18-9-17(25-14-4-3-7-28(21(14)31)15-8-12(15)22)27-19-11(10-24-29(18)19)20(30)26-13-5-6-16(13)32-2/h3-4,7,9-10,12-13,15-16,23H,5-6,8H2,1-2H3,(H,25,27)(H,26,30)/t12-,13?,15?,16-/m1/s1. The summed E-state index contributed by atoms with van der Waals surface area (Å²) in [5.41, 5.74) is 0.601. The summed E-state index contributed by atoms with van der Waals surface area (Å²) in [5.74, 6) is 0.651. The number of aromatic nitrogens is 4. The van der Waals surface area contributed by atoms with E-state index >= 15 is 0 Å². The van der Waals surface area contributed by atoms with E-state index < -0.39 is 12.2 Å². The number of anilines is 3. The van der Waals surface area contributed by atoms with Crippen molar-refractivity contribution in [3.8, 4) is 0 Å². The van der Waals surface area contributed by atoms with Crippen molar-refractivity contribution < 1.29 is 13.9 Å². The molecule has 2 aliphatic rings. The van der Waals surface area contributed by atoms with Crippen LogP contribution in [0.5, 0.6) is 0 Å². The van der Waals surface area contributed by atoms with Crippen molar-refractivity contribution in [1.29, 1.82) is 0 Å². The van der Waals surface area contributed by atoms with Crippen LogP contribution in [-0.2, 0) is 4.74 Å². The quantitative estimate of drug-likeness (QED) is 0.513. The number of alkyl halides is 1. The molecular weight excluding hydrogens is 417 g/mol. The Morgan fingerprint density at radius 3 is 2.81 bits per heavy atom. The van der Waals surface area contributed by atoms with E-state index in [4.69, 9.17) is 4.74 Å². The molecule has 0 spiro atoms. The molecule has 168 valence electrons. The number of amides is 1. The summed E-state index contributed by atoms with van der Waals surface area (Å²) in [6.07, 6.45) is 4.17. The molecule has 3 heterocycles. The van der Waals surface area contributed by atoms with Crippen LogP contribution < -0.4 is 21.5 Å². The van der Waals surface area contributed by atoms with Crippen molar-refractivity contribution in [1.82, 2.24) is 24.5 Å². The number of rotatable bonds is 7. The van der Waals surface area contributed by atoms with Gasteiger partial charge in [0.25, 0.3) is 11.5 Å². The van der Waals surface area contributed by atoms with Crippen LogP contribution in [0.1, 0.15) is 35.7 Å². The van der Waals surface area contributed by atoms with E-state index in [-0.39, 0.29) is 29.3 Å². The lowest BCUT2D eigenvalue weighted by molar-refractivity contribution is 0.00732. The molecule has 4 atom stereocenters. The predicted octanol–water partition coefficient (Wildman–Crippen LogP) is 1.87. The highest BCUT2D eigenvalue weighted by atomic mass is 19.1. The van der Waals surface area contributed by atoms with E-state index in [0.29, 0.717) is 29.3 Å². The van der Waals surface area contributed by atoms with E-state index in [1.165, 1.54) is 15.3 Å². The average Bonchev–Trinajstić information content (AvgIpc) is 3.33. The van der Waals surface area contributed by atoms with Gasteiger partial charge in [-0.15, -0.1) is 0 Å². The first kappa shape index (κ1) is 20.4. The Hall–Kier alpha value is -3.47. The lowest BCUT2D eigenvalue weighted by atomic mass is 9.89. The number of carbonyl (C=O) groups excluding carboxylic acids is 1. The molecule has 0 aromatic carbocycles. The van der Waals surface area contributed by atoms with Crippen molar-refractivity contribution in [2.24, 2.45) is 0 Å². The van der Waals surface area contributed by atoms with Gasteiger partial charge in [0, 0.05) is 32.8 Å². The Morgan fingerprint density at radius 2 is 2.16 bits per heavy atom. The highest BCUT2D eigenvalue weighted by molar-refractivity contribution is 6.00. The summed E-state index contributed by atoms with van der Waals surface area (Å²) >= 11 is 0. The van der Waals surface area contributed by atoms with E-state index in [9.17, 15) is 14.0 Å². The summed E-state index contributed by atoms with van der Waals surface area (Å²) < 4.78 is 21.7. The maximum atomic E-state index is 13.5. The van der Waals surface area contributed by atoms with Gasteiger partial charge in [-0.2, -0.15) is 9.61 Å². The number of halogens is 1. The third-order valence-electron chi connectivity index (χ3n) is 6.08. The Morgan fingerprint density at radius 1 is 1.34 bits per heavy atom. The van der Waals surface area contributed by atoms with E-state index in [0.717, 1.165) is 12.8 Å². The first-order valence-electron chi connectivity index (χ1n) is 10.5.